The lowest BCUT2D eigenvalue weighted by molar-refractivity contribution is -0.00818. The summed E-state index contributed by atoms with van der Waals surface area (Å²) in [6, 6.07) is -0.0210. The Morgan fingerprint density at radius 1 is 1.32 bits per heavy atom. The van der Waals surface area contributed by atoms with Gasteiger partial charge in [-0.3, -0.25) is 4.57 Å². The fraction of sp³-hybridized carbons (Fsp3) is 0.688. The lowest BCUT2D eigenvalue weighted by Gasteiger charge is -2.18. The standard InChI is InChI=1S/C16H22ClN5O3/c1-8-13(24)11(5-17)25-16(8)22-7-20-12-14(18-6-19-15(12)22)21-9-3-2-4-10(9)23/h6-11,13,16,23-24H,2-5H2,1H3,(H,18,19,21)/t8-,9?,10?,11-,13+,16-/m1/s1. The summed E-state index contributed by atoms with van der Waals surface area (Å²) in [4.78, 5) is 13.1. The molecule has 3 N–H and O–H groups in total. The van der Waals surface area contributed by atoms with E-state index in [2.05, 4.69) is 20.3 Å². The third kappa shape index (κ3) is 2.87. The van der Waals surface area contributed by atoms with Gasteiger partial charge in [-0.1, -0.05) is 6.92 Å². The molecule has 2 aliphatic rings. The predicted molar refractivity (Wildman–Crippen MR) is 92.4 cm³/mol. The Hall–Kier alpha value is -1.48. The summed E-state index contributed by atoms with van der Waals surface area (Å²) < 4.78 is 7.71. The Morgan fingerprint density at radius 3 is 2.84 bits per heavy atom. The Morgan fingerprint density at radius 2 is 2.16 bits per heavy atom. The van der Waals surface area contributed by atoms with Crippen molar-refractivity contribution in [2.45, 2.75) is 56.8 Å². The molecule has 6 atom stereocenters. The first-order valence-electron chi connectivity index (χ1n) is 8.61. The van der Waals surface area contributed by atoms with Gasteiger partial charge in [-0.25, -0.2) is 15.0 Å². The van der Waals surface area contributed by atoms with Gasteiger partial charge in [0, 0.05) is 5.92 Å². The topological polar surface area (TPSA) is 105 Å². The third-order valence-corrected chi connectivity index (χ3v) is 5.57. The Balaban J connectivity index is 1.65. The second kappa shape index (κ2) is 6.68. The number of aliphatic hydroxyl groups excluding tert-OH is 2. The largest absolute Gasteiger partial charge is 0.391 e. The Kier molecular flexibility index (Phi) is 4.53. The molecule has 0 spiro atoms. The van der Waals surface area contributed by atoms with Gasteiger partial charge in [0.25, 0.3) is 0 Å². The van der Waals surface area contributed by atoms with Crippen LogP contribution in [0.25, 0.3) is 11.2 Å². The summed E-state index contributed by atoms with van der Waals surface area (Å²) in [7, 11) is 0. The Bertz CT molecular complexity index is 756. The predicted octanol–water partition coefficient (Wildman–Crippen LogP) is 1.28. The molecule has 0 aromatic carbocycles. The van der Waals surface area contributed by atoms with Crippen LogP contribution in [0.5, 0.6) is 0 Å². The van der Waals surface area contributed by atoms with Crippen LogP contribution in [-0.4, -0.2) is 60.0 Å². The second-order valence-corrected chi connectivity index (χ2v) is 7.17. The fourth-order valence-electron chi connectivity index (χ4n) is 3.77. The van der Waals surface area contributed by atoms with Crippen LogP contribution in [0.15, 0.2) is 12.7 Å². The van der Waals surface area contributed by atoms with Crippen LogP contribution < -0.4 is 5.32 Å². The second-order valence-electron chi connectivity index (χ2n) is 6.86. The van der Waals surface area contributed by atoms with Gasteiger partial charge < -0.3 is 20.3 Å². The first-order valence-corrected chi connectivity index (χ1v) is 9.15. The molecule has 0 amide bonds. The number of anilines is 1. The van der Waals surface area contributed by atoms with Crippen molar-refractivity contribution in [2.75, 3.05) is 11.2 Å². The van der Waals surface area contributed by atoms with Gasteiger partial charge in [0.05, 0.1) is 36.6 Å². The van der Waals surface area contributed by atoms with E-state index < -0.39 is 12.2 Å². The highest BCUT2D eigenvalue weighted by molar-refractivity contribution is 6.18. The lowest BCUT2D eigenvalue weighted by atomic mass is 10.0. The maximum atomic E-state index is 10.3. The molecule has 2 aromatic heterocycles. The molecule has 0 radical (unpaired) electrons. The van der Waals surface area contributed by atoms with Crippen LogP contribution in [0.2, 0.25) is 0 Å². The number of ether oxygens (including phenoxy) is 1. The van der Waals surface area contributed by atoms with Crippen molar-refractivity contribution in [3.05, 3.63) is 12.7 Å². The van der Waals surface area contributed by atoms with E-state index in [0.717, 1.165) is 19.3 Å². The fourth-order valence-corrected chi connectivity index (χ4v) is 4.02. The molecule has 3 heterocycles. The van der Waals surface area contributed by atoms with Crippen molar-refractivity contribution < 1.29 is 14.9 Å². The van der Waals surface area contributed by atoms with E-state index in [4.69, 9.17) is 16.3 Å². The summed E-state index contributed by atoms with van der Waals surface area (Å²) in [5, 5.41) is 23.6. The molecule has 136 valence electrons. The van der Waals surface area contributed by atoms with Crippen LogP contribution in [-0.2, 0) is 4.74 Å². The highest BCUT2D eigenvalue weighted by Crippen LogP contribution is 2.37. The monoisotopic (exact) mass is 367 g/mol. The van der Waals surface area contributed by atoms with Crippen LogP contribution in [0.4, 0.5) is 5.82 Å². The maximum Gasteiger partial charge on any atom is 0.167 e. The van der Waals surface area contributed by atoms with Crippen molar-refractivity contribution in [3.8, 4) is 0 Å². The van der Waals surface area contributed by atoms with Gasteiger partial charge in [0.2, 0.25) is 0 Å². The Labute approximate surface area is 150 Å². The zero-order valence-corrected chi connectivity index (χ0v) is 14.7. The average Bonchev–Trinajstić information content (AvgIpc) is 3.29. The van der Waals surface area contributed by atoms with E-state index in [1.165, 1.54) is 6.33 Å². The number of rotatable bonds is 4. The molecule has 1 aliphatic heterocycles. The summed E-state index contributed by atoms with van der Waals surface area (Å²) in [5.74, 6) is 0.703. The third-order valence-electron chi connectivity index (χ3n) is 5.27. The summed E-state index contributed by atoms with van der Waals surface area (Å²) in [5.41, 5.74) is 1.26. The molecular formula is C16H22ClN5O3. The number of fused-ring (bicyclic) bond motifs is 1. The maximum absolute atomic E-state index is 10.3. The first kappa shape index (κ1) is 17.0. The quantitative estimate of drug-likeness (QED) is 0.699. The molecule has 25 heavy (non-hydrogen) atoms. The van der Waals surface area contributed by atoms with Crippen molar-refractivity contribution >= 4 is 28.6 Å². The number of alkyl halides is 1. The number of nitrogens with one attached hydrogen (secondary N) is 1. The first-order chi connectivity index (χ1) is 12.1. The van der Waals surface area contributed by atoms with Gasteiger partial charge in [0.1, 0.15) is 12.6 Å². The number of hydrogen-bond donors (Lipinski definition) is 3. The van der Waals surface area contributed by atoms with E-state index in [0.29, 0.717) is 17.0 Å². The summed E-state index contributed by atoms with van der Waals surface area (Å²) in [6.45, 7) is 1.92. The number of nitrogens with zero attached hydrogens (tertiary/aromatic N) is 4. The van der Waals surface area contributed by atoms with Gasteiger partial charge in [-0.2, -0.15) is 0 Å². The van der Waals surface area contributed by atoms with Crippen LogP contribution >= 0.6 is 11.6 Å². The van der Waals surface area contributed by atoms with Gasteiger partial charge in [-0.05, 0) is 19.3 Å². The van der Waals surface area contributed by atoms with Crippen molar-refractivity contribution in [2.24, 2.45) is 5.92 Å². The molecule has 8 nitrogen and oxygen atoms in total. The SMILES string of the molecule is C[C@@H]1[C@H](O)[C@@H](CCl)O[C@H]1n1cnc2c(NC3CCCC3O)ncnc21. The molecule has 2 aromatic rings. The smallest absolute Gasteiger partial charge is 0.167 e. The molecule has 1 saturated carbocycles. The number of aliphatic hydroxyl groups is 2. The molecule has 2 fully saturated rings. The van der Waals surface area contributed by atoms with Crippen molar-refractivity contribution in [3.63, 3.8) is 0 Å². The van der Waals surface area contributed by atoms with Gasteiger partial charge >= 0.3 is 0 Å². The van der Waals surface area contributed by atoms with E-state index >= 15 is 0 Å². The van der Waals surface area contributed by atoms with Gasteiger partial charge in [-0.15, -0.1) is 11.6 Å². The average molecular weight is 368 g/mol. The van der Waals surface area contributed by atoms with E-state index in [1.807, 2.05) is 11.5 Å². The molecule has 9 heteroatoms. The molecular weight excluding hydrogens is 346 g/mol. The molecule has 4 rings (SSSR count). The van der Waals surface area contributed by atoms with Crippen molar-refractivity contribution in [1.82, 2.24) is 19.5 Å². The van der Waals surface area contributed by atoms with Gasteiger partial charge in [0.15, 0.2) is 17.0 Å². The number of imidazole rings is 1. The van der Waals surface area contributed by atoms with Crippen LogP contribution in [0.1, 0.15) is 32.4 Å². The van der Waals surface area contributed by atoms with Crippen LogP contribution in [0, 0.1) is 5.92 Å². The zero-order chi connectivity index (χ0) is 17.6. The number of aromatic nitrogens is 4. The molecule has 1 saturated heterocycles. The van der Waals surface area contributed by atoms with E-state index in [-0.39, 0.29) is 30.2 Å². The van der Waals surface area contributed by atoms with E-state index in [1.54, 1.807) is 6.33 Å². The molecule has 2 unspecified atom stereocenters. The lowest BCUT2D eigenvalue weighted by Crippen LogP contribution is -2.28. The minimum absolute atomic E-state index is 0.0210. The zero-order valence-electron chi connectivity index (χ0n) is 13.9. The van der Waals surface area contributed by atoms with E-state index in [9.17, 15) is 10.2 Å². The molecule has 1 aliphatic carbocycles. The van der Waals surface area contributed by atoms with Crippen molar-refractivity contribution in [1.29, 1.82) is 0 Å². The highest BCUT2D eigenvalue weighted by Gasteiger charge is 2.42. The van der Waals surface area contributed by atoms with Crippen LogP contribution in [0.3, 0.4) is 0 Å². The number of hydrogen-bond acceptors (Lipinski definition) is 7. The minimum atomic E-state index is -0.631. The highest BCUT2D eigenvalue weighted by atomic mass is 35.5. The summed E-state index contributed by atoms with van der Waals surface area (Å²) >= 11 is 5.88. The number of halogens is 1. The summed E-state index contributed by atoms with van der Waals surface area (Å²) in [6.07, 6.45) is 4.02. The molecule has 0 bridgehead atoms. The minimum Gasteiger partial charge on any atom is -0.391 e. The normalized spacial score (nSPS) is 35.5.